The van der Waals surface area contributed by atoms with E-state index in [9.17, 15) is 14.7 Å². The molecule has 0 aromatic heterocycles. The van der Waals surface area contributed by atoms with Gasteiger partial charge in [0.1, 0.15) is 0 Å². The Hall–Kier alpha value is -2.76. The van der Waals surface area contributed by atoms with E-state index < -0.39 is 11.5 Å². The molecule has 1 N–H and O–H groups in total. The Kier molecular flexibility index (Phi) is 5.58. The average molecular weight is 464 g/mol. The molecule has 5 heteroatoms. The summed E-state index contributed by atoms with van der Waals surface area (Å²) in [4.78, 5) is 27.8. The fourth-order valence-corrected chi connectivity index (χ4v) is 4.24. The lowest BCUT2D eigenvalue weighted by Crippen LogP contribution is -2.42. The second-order valence-electron chi connectivity index (χ2n) is 7.68. The number of hydrogen-bond donors (Lipinski definition) is 1. The molecule has 0 radical (unpaired) electrons. The zero-order valence-corrected chi connectivity index (χ0v) is 18.2. The number of halogens is 1. The van der Waals surface area contributed by atoms with Crippen LogP contribution in [0.25, 0.3) is 0 Å². The van der Waals surface area contributed by atoms with Crippen molar-refractivity contribution in [3.63, 3.8) is 0 Å². The summed E-state index contributed by atoms with van der Waals surface area (Å²) in [5, 5.41) is 11.5. The minimum atomic E-state index is -1.88. The monoisotopic (exact) mass is 463 g/mol. The van der Waals surface area contributed by atoms with Gasteiger partial charge in [-0.1, -0.05) is 76.1 Å². The molecule has 1 amide bonds. The highest BCUT2D eigenvalue weighted by Crippen LogP contribution is 2.44. The van der Waals surface area contributed by atoms with Gasteiger partial charge in [0.25, 0.3) is 5.91 Å². The lowest BCUT2D eigenvalue weighted by Gasteiger charge is -2.23. The zero-order chi connectivity index (χ0) is 21.3. The van der Waals surface area contributed by atoms with Gasteiger partial charge >= 0.3 is 0 Å². The van der Waals surface area contributed by atoms with E-state index in [1.165, 1.54) is 0 Å². The molecule has 1 heterocycles. The summed E-state index contributed by atoms with van der Waals surface area (Å²) in [6.07, 6.45) is 0.365. The summed E-state index contributed by atoms with van der Waals surface area (Å²) in [6.45, 7) is 2.37. The normalized spacial score (nSPS) is 17.8. The van der Waals surface area contributed by atoms with Crippen LogP contribution in [0.3, 0.4) is 0 Å². The Labute approximate surface area is 184 Å². The number of Topliss-reactive ketones (excluding diaryl/α,β-unsaturated/α-hetero) is 1. The molecule has 4 nitrogen and oxygen atoms in total. The highest BCUT2D eigenvalue weighted by atomic mass is 79.9. The molecule has 0 spiro atoms. The van der Waals surface area contributed by atoms with Gasteiger partial charge in [0, 0.05) is 22.1 Å². The van der Waals surface area contributed by atoms with E-state index in [0.29, 0.717) is 29.8 Å². The lowest BCUT2D eigenvalue weighted by atomic mass is 9.88. The molecule has 0 aliphatic carbocycles. The SMILES string of the molecule is Cc1ccc(C(=O)C[C@@]2(O)C(=O)N(CCc3ccccc3)c3ccc(Br)cc32)cc1. The van der Waals surface area contributed by atoms with Gasteiger partial charge in [0.2, 0.25) is 0 Å². The van der Waals surface area contributed by atoms with Crippen molar-refractivity contribution in [3.05, 3.63) is 99.5 Å². The Balaban J connectivity index is 1.64. The number of ketones is 1. The molecule has 152 valence electrons. The molecule has 0 unspecified atom stereocenters. The van der Waals surface area contributed by atoms with E-state index in [4.69, 9.17) is 0 Å². The van der Waals surface area contributed by atoms with Crippen LogP contribution >= 0.6 is 15.9 Å². The Bertz CT molecular complexity index is 1100. The quantitative estimate of drug-likeness (QED) is 0.533. The number of carbonyl (C=O) groups excluding carboxylic acids is 2. The largest absolute Gasteiger partial charge is 0.375 e. The maximum absolute atomic E-state index is 13.3. The number of anilines is 1. The maximum Gasteiger partial charge on any atom is 0.264 e. The predicted molar refractivity (Wildman–Crippen MR) is 121 cm³/mol. The maximum atomic E-state index is 13.3. The second-order valence-corrected chi connectivity index (χ2v) is 8.60. The van der Waals surface area contributed by atoms with Crippen molar-refractivity contribution >= 4 is 33.3 Å². The average Bonchev–Trinajstić information content (AvgIpc) is 2.94. The van der Waals surface area contributed by atoms with E-state index in [2.05, 4.69) is 15.9 Å². The van der Waals surface area contributed by atoms with Crippen LogP contribution in [0.1, 0.15) is 33.5 Å². The standard InChI is InChI=1S/C25H22BrNO3/c1-17-7-9-19(10-8-17)23(28)16-25(30)21-15-20(26)11-12-22(21)27(24(25)29)14-13-18-5-3-2-4-6-18/h2-12,15,30H,13-14,16H2,1H3/t25-/m0/s1. The van der Waals surface area contributed by atoms with Gasteiger partial charge in [-0.05, 0) is 37.1 Å². The molecule has 3 aromatic carbocycles. The third-order valence-corrected chi connectivity index (χ3v) is 6.04. The molecule has 0 bridgehead atoms. The van der Waals surface area contributed by atoms with E-state index >= 15 is 0 Å². The number of rotatable bonds is 6. The smallest absolute Gasteiger partial charge is 0.264 e. The van der Waals surface area contributed by atoms with Crippen molar-refractivity contribution < 1.29 is 14.7 Å². The Morgan fingerprint density at radius 1 is 1.03 bits per heavy atom. The number of nitrogens with zero attached hydrogens (tertiary/aromatic N) is 1. The van der Waals surface area contributed by atoms with Gasteiger partial charge in [0.15, 0.2) is 11.4 Å². The van der Waals surface area contributed by atoms with Crippen LogP contribution in [-0.2, 0) is 16.8 Å². The van der Waals surface area contributed by atoms with Crippen molar-refractivity contribution in [3.8, 4) is 0 Å². The lowest BCUT2D eigenvalue weighted by molar-refractivity contribution is -0.135. The minimum Gasteiger partial charge on any atom is -0.375 e. The number of fused-ring (bicyclic) bond motifs is 1. The van der Waals surface area contributed by atoms with Crippen LogP contribution in [0.5, 0.6) is 0 Å². The molecule has 0 saturated carbocycles. The van der Waals surface area contributed by atoms with Crippen molar-refractivity contribution in [2.75, 3.05) is 11.4 Å². The van der Waals surface area contributed by atoms with Crippen LogP contribution < -0.4 is 4.90 Å². The van der Waals surface area contributed by atoms with Crippen LogP contribution in [-0.4, -0.2) is 23.3 Å². The fourth-order valence-electron chi connectivity index (χ4n) is 3.88. The Morgan fingerprint density at radius 2 is 1.73 bits per heavy atom. The second kappa shape index (κ2) is 8.17. The topological polar surface area (TPSA) is 57.6 Å². The molecule has 1 aliphatic rings. The van der Waals surface area contributed by atoms with E-state index in [1.54, 1.807) is 23.1 Å². The highest BCUT2D eigenvalue weighted by molar-refractivity contribution is 9.10. The van der Waals surface area contributed by atoms with Gasteiger partial charge in [0.05, 0.1) is 12.1 Å². The van der Waals surface area contributed by atoms with E-state index in [-0.39, 0.29) is 12.2 Å². The van der Waals surface area contributed by atoms with Crippen molar-refractivity contribution in [1.29, 1.82) is 0 Å². The third kappa shape index (κ3) is 3.83. The van der Waals surface area contributed by atoms with Crippen LogP contribution in [0.2, 0.25) is 0 Å². The fraction of sp³-hybridized carbons (Fsp3) is 0.200. The summed E-state index contributed by atoms with van der Waals surface area (Å²) in [5.74, 6) is -0.714. The zero-order valence-electron chi connectivity index (χ0n) is 16.6. The van der Waals surface area contributed by atoms with Gasteiger partial charge in [-0.15, -0.1) is 0 Å². The van der Waals surface area contributed by atoms with Gasteiger partial charge in [-0.3, -0.25) is 9.59 Å². The summed E-state index contributed by atoms with van der Waals surface area (Å²) in [5.41, 5.74) is 1.88. The molecule has 3 aromatic rings. The molecule has 30 heavy (non-hydrogen) atoms. The summed E-state index contributed by atoms with van der Waals surface area (Å²) in [7, 11) is 0. The van der Waals surface area contributed by atoms with Crippen molar-refractivity contribution in [2.24, 2.45) is 0 Å². The first kappa shape index (κ1) is 20.5. The highest BCUT2D eigenvalue weighted by Gasteiger charge is 2.50. The van der Waals surface area contributed by atoms with E-state index in [1.807, 2.05) is 61.5 Å². The van der Waals surface area contributed by atoms with E-state index in [0.717, 1.165) is 15.6 Å². The third-order valence-electron chi connectivity index (χ3n) is 5.55. The molecule has 0 saturated heterocycles. The number of aliphatic hydroxyl groups is 1. The molecule has 0 fully saturated rings. The number of amides is 1. The molecular formula is C25H22BrNO3. The summed E-state index contributed by atoms with van der Waals surface area (Å²) in [6, 6.07) is 22.5. The first-order valence-electron chi connectivity index (χ1n) is 9.87. The van der Waals surface area contributed by atoms with Crippen molar-refractivity contribution in [2.45, 2.75) is 25.4 Å². The molecule has 4 rings (SSSR count). The minimum absolute atomic E-state index is 0.262. The molecule has 1 aliphatic heterocycles. The predicted octanol–water partition coefficient (Wildman–Crippen LogP) is 4.81. The first-order chi connectivity index (χ1) is 14.4. The van der Waals surface area contributed by atoms with Crippen LogP contribution in [0.4, 0.5) is 5.69 Å². The molecule has 1 atom stereocenters. The van der Waals surface area contributed by atoms with Crippen molar-refractivity contribution in [1.82, 2.24) is 0 Å². The van der Waals surface area contributed by atoms with Gasteiger partial charge in [-0.2, -0.15) is 0 Å². The first-order valence-corrected chi connectivity index (χ1v) is 10.7. The number of aryl methyl sites for hydroxylation is 1. The summed E-state index contributed by atoms with van der Waals surface area (Å²) >= 11 is 3.43. The van der Waals surface area contributed by atoms with Crippen LogP contribution in [0, 0.1) is 6.92 Å². The van der Waals surface area contributed by atoms with Gasteiger partial charge in [-0.25, -0.2) is 0 Å². The Morgan fingerprint density at radius 3 is 2.43 bits per heavy atom. The number of benzene rings is 3. The van der Waals surface area contributed by atoms with Crippen LogP contribution in [0.15, 0.2) is 77.3 Å². The number of hydrogen-bond acceptors (Lipinski definition) is 3. The summed E-state index contributed by atoms with van der Waals surface area (Å²) < 4.78 is 0.750. The number of carbonyl (C=O) groups is 2. The van der Waals surface area contributed by atoms with Gasteiger partial charge < -0.3 is 10.0 Å². The molecular weight excluding hydrogens is 442 g/mol.